The van der Waals surface area contributed by atoms with Gasteiger partial charge in [-0.15, -0.1) is 10.2 Å². The minimum absolute atomic E-state index is 0.0451. The predicted octanol–water partition coefficient (Wildman–Crippen LogP) is 3.66. The van der Waals surface area contributed by atoms with Crippen molar-refractivity contribution in [1.29, 1.82) is 0 Å². The minimum atomic E-state index is -3.86. The maximum atomic E-state index is 13.7. The van der Waals surface area contributed by atoms with Gasteiger partial charge in [0.1, 0.15) is 35.1 Å². The Labute approximate surface area is 221 Å². The predicted molar refractivity (Wildman–Crippen MR) is 136 cm³/mol. The van der Waals surface area contributed by atoms with Gasteiger partial charge in [0.05, 0.1) is 30.6 Å². The number of ether oxygens (including phenoxy) is 4. The highest BCUT2D eigenvalue weighted by Crippen LogP contribution is 2.39. The molecule has 11 nitrogen and oxygen atoms in total. The number of aromatic nitrogens is 5. The van der Waals surface area contributed by atoms with Crippen LogP contribution in [0.15, 0.2) is 30.6 Å². The molecule has 0 unspecified atom stereocenters. The lowest BCUT2D eigenvalue weighted by atomic mass is 10.2. The van der Waals surface area contributed by atoms with E-state index in [0.717, 1.165) is 12.8 Å². The summed E-state index contributed by atoms with van der Waals surface area (Å²) in [6.45, 7) is 3.54. The smallest absolute Gasteiger partial charge is 0.167 e. The highest BCUT2D eigenvalue weighted by Gasteiger charge is 2.37. The van der Waals surface area contributed by atoms with Gasteiger partial charge >= 0.3 is 0 Å². The normalized spacial score (nSPS) is 19.5. The summed E-state index contributed by atoms with van der Waals surface area (Å²) >= 11 is 5.89. The second-order valence-corrected chi connectivity index (χ2v) is 11.6. The molecule has 2 aromatic heterocycles. The summed E-state index contributed by atoms with van der Waals surface area (Å²) in [7, 11) is 0.617. The van der Waals surface area contributed by atoms with Gasteiger partial charge in [0.2, 0.25) is 0 Å². The summed E-state index contributed by atoms with van der Waals surface area (Å²) in [5.74, 6) is 1.40. The van der Waals surface area contributed by atoms with E-state index in [9.17, 15) is 8.42 Å². The van der Waals surface area contributed by atoms with E-state index in [1.54, 1.807) is 29.7 Å². The van der Waals surface area contributed by atoms with Crippen LogP contribution in [0, 0.1) is 0 Å². The first kappa shape index (κ1) is 27.2. The average Bonchev–Trinajstić information content (AvgIpc) is 3.50. The van der Waals surface area contributed by atoms with Gasteiger partial charge in [-0.05, 0) is 38.8 Å². The molecule has 1 aromatic carbocycles. The van der Waals surface area contributed by atoms with Crippen molar-refractivity contribution in [3.05, 3.63) is 53.1 Å². The molecule has 37 heavy (non-hydrogen) atoms. The van der Waals surface area contributed by atoms with Crippen molar-refractivity contribution in [2.45, 2.75) is 56.0 Å². The lowest BCUT2D eigenvalue weighted by Gasteiger charge is -2.22. The Morgan fingerprint density at radius 1 is 1.11 bits per heavy atom. The zero-order valence-corrected chi connectivity index (χ0v) is 22.9. The average molecular weight is 552 g/mol. The van der Waals surface area contributed by atoms with E-state index in [1.165, 1.54) is 33.7 Å². The molecule has 0 amide bonds. The van der Waals surface area contributed by atoms with E-state index in [-0.39, 0.29) is 23.9 Å². The van der Waals surface area contributed by atoms with Gasteiger partial charge in [0.15, 0.2) is 27.3 Å². The van der Waals surface area contributed by atoms with Crippen LogP contribution >= 0.6 is 11.6 Å². The molecule has 0 N–H and O–H groups in total. The van der Waals surface area contributed by atoms with Crippen LogP contribution < -0.4 is 9.47 Å². The van der Waals surface area contributed by atoms with Gasteiger partial charge in [0, 0.05) is 19.5 Å². The molecule has 0 saturated carbocycles. The second-order valence-electron chi connectivity index (χ2n) is 8.76. The van der Waals surface area contributed by atoms with Crippen molar-refractivity contribution in [2.24, 2.45) is 0 Å². The van der Waals surface area contributed by atoms with Crippen molar-refractivity contribution in [3.8, 4) is 17.2 Å². The highest BCUT2D eigenvalue weighted by molar-refractivity contribution is 7.91. The molecule has 1 aliphatic heterocycles. The van der Waals surface area contributed by atoms with Gasteiger partial charge in [-0.2, -0.15) is 0 Å². The van der Waals surface area contributed by atoms with Crippen molar-refractivity contribution in [1.82, 2.24) is 24.7 Å². The first-order valence-electron chi connectivity index (χ1n) is 11.7. The Morgan fingerprint density at radius 3 is 2.30 bits per heavy atom. The number of hydrogen-bond acceptors (Lipinski definition) is 10. The van der Waals surface area contributed by atoms with Gasteiger partial charge < -0.3 is 18.9 Å². The van der Waals surface area contributed by atoms with E-state index in [0.29, 0.717) is 28.0 Å². The lowest BCUT2D eigenvalue weighted by Crippen LogP contribution is -2.30. The summed E-state index contributed by atoms with van der Waals surface area (Å²) in [6, 6.07) is 5.31. The minimum Gasteiger partial charge on any atom is -0.494 e. The SMILES string of the molecule is COc1cccc(OC)c1-n1c(CS(=O)(=O)[C@@H](C)[C@H](OC)c2ncc(Cl)cn2)nnc1[C@H]1CC[C@@H](C)O1. The largest absolute Gasteiger partial charge is 0.494 e. The Hall–Kier alpha value is -2.80. The maximum absolute atomic E-state index is 13.7. The molecule has 4 atom stereocenters. The summed E-state index contributed by atoms with van der Waals surface area (Å²) in [5.41, 5.74) is 0.498. The number of sulfone groups is 1. The number of benzene rings is 1. The number of para-hydroxylation sites is 1. The number of halogens is 1. The molecule has 0 spiro atoms. The fourth-order valence-electron chi connectivity index (χ4n) is 4.40. The zero-order chi connectivity index (χ0) is 26.7. The highest BCUT2D eigenvalue weighted by atomic mass is 35.5. The fraction of sp³-hybridized carbons (Fsp3) is 0.500. The third kappa shape index (κ3) is 5.57. The van der Waals surface area contributed by atoms with Crippen LogP contribution in [-0.2, 0) is 25.1 Å². The van der Waals surface area contributed by atoms with Crippen LogP contribution in [0.25, 0.3) is 5.69 Å². The molecular formula is C24H30ClN5O6S. The second kappa shape index (κ2) is 11.3. The van der Waals surface area contributed by atoms with Crippen molar-refractivity contribution < 1.29 is 27.4 Å². The molecule has 3 aromatic rings. The summed E-state index contributed by atoms with van der Waals surface area (Å²) in [6.07, 6.45) is 3.13. The third-order valence-electron chi connectivity index (χ3n) is 6.37. The number of methoxy groups -OCH3 is 3. The van der Waals surface area contributed by atoms with E-state index in [1.807, 2.05) is 6.92 Å². The summed E-state index contributed by atoms with van der Waals surface area (Å²) in [4.78, 5) is 8.30. The van der Waals surface area contributed by atoms with E-state index < -0.39 is 26.9 Å². The molecule has 3 heterocycles. The Kier molecular flexibility index (Phi) is 8.32. The lowest BCUT2D eigenvalue weighted by molar-refractivity contribution is 0.0491. The fourth-order valence-corrected chi connectivity index (χ4v) is 5.91. The van der Waals surface area contributed by atoms with Crippen molar-refractivity contribution in [3.63, 3.8) is 0 Å². The van der Waals surface area contributed by atoms with Crippen molar-refractivity contribution in [2.75, 3.05) is 21.3 Å². The molecule has 13 heteroatoms. The molecular weight excluding hydrogens is 522 g/mol. The van der Waals surface area contributed by atoms with Crippen LogP contribution in [-0.4, -0.2) is 65.8 Å². The van der Waals surface area contributed by atoms with Crippen LogP contribution in [0.2, 0.25) is 5.02 Å². The van der Waals surface area contributed by atoms with Gasteiger partial charge in [-0.1, -0.05) is 17.7 Å². The number of hydrogen-bond donors (Lipinski definition) is 0. The standard InChI is InChI=1S/C24H30ClN5O6S/c1-14-9-10-19(36-14)24-29-28-20(30(24)21-17(33-3)7-6-8-18(21)34-4)13-37(31,32)15(2)22(35-5)23-26-11-16(25)12-27-23/h6-8,11-12,14-15,19,22H,9-10,13H2,1-5H3/t14-,15+,19-,22+/m1/s1. The first-order valence-corrected chi connectivity index (χ1v) is 13.8. The molecule has 0 bridgehead atoms. The molecule has 1 aliphatic rings. The summed E-state index contributed by atoms with van der Waals surface area (Å²) < 4.78 is 51.8. The van der Waals surface area contributed by atoms with Crippen LogP contribution in [0.4, 0.5) is 0 Å². The quantitative estimate of drug-likeness (QED) is 0.368. The van der Waals surface area contributed by atoms with E-state index in [2.05, 4.69) is 20.2 Å². The van der Waals surface area contributed by atoms with Crippen molar-refractivity contribution >= 4 is 21.4 Å². The first-order chi connectivity index (χ1) is 17.7. The third-order valence-corrected chi connectivity index (χ3v) is 8.61. The molecule has 0 radical (unpaired) electrons. The van der Waals surface area contributed by atoms with E-state index >= 15 is 0 Å². The molecule has 1 saturated heterocycles. The molecule has 1 fully saturated rings. The Bertz CT molecular complexity index is 1310. The summed E-state index contributed by atoms with van der Waals surface area (Å²) in [5, 5.41) is 8.01. The van der Waals surface area contributed by atoms with Crippen LogP contribution in [0.5, 0.6) is 11.5 Å². The number of rotatable bonds is 10. The monoisotopic (exact) mass is 551 g/mol. The van der Waals surface area contributed by atoms with Gasteiger partial charge in [0.25, 0.3) is 0 Å². The maximum Gasteiger partial charge on any atom is 0.167 e. The Morgan fingerprint density at radius 2 is 1.76 bits per heavy atom. The topological polar surface area (TPSA) is 128 Å². The molecule has 0 aliphatic carbocycles. The molecule has 200 valence electrons. The van der Waals surface area contributed by atoms with Crippen LogP contribution in [0.3, 0.4) is 0 Å². The van der Waals surface area contributed by atoms with Crippen LogP contribution in [0.1, 0.15) is 56.4 Å². The number of nitrogens with zero attached hydrogens (tertiary/aromatic N) is 5. The molecule has 4 rings (SSSR count). The van der Waals surface area contributed by atoms with Gasteiger partial charge in [-0.25, -0.2) is 18.4 Å². The zero-order valence-electron chi connectivity index (χ0n) is 21.3. The van der Waals surface area contributed by atoms with E-state index in [4.69, 9.17) is 30.5 Å². The van der Waals surface area contributed by atoms with Gasteiger partial charge in [-0.3, -0.25) is 4.57 Å². The Balaban J connectivity index is 1.78.